The van der Waals surface area contributed by atoms with Crippen LogP contribution in [0.3, 0.4) is 0 Å². The van der Waals surface area contributed by atoms with Crippen LogP contribution in [0.25, 0.3) is 0 Å². The minimum Gasteiger partial charge on any atom is -0.354 e. The lowest BCUT2D eigenvalue weighted by Gasteiger charge is -2.11. The summed E-state index contributed by atoms with van der Waals surface area (Å²) in [5.74, 6) is 0. The maximum absolute atomic E-state index is 5.70. The molecular formula is C14H17N3. The Balaban J connectivity index is 2.24. The molecule has 0 bridgehead atoms. The summed E-state index contributed by atoms with van der Waals surface area (Å²) >= 11 is 0. The molecule has 0 aliphatic heterocycles. The molecular weight excluding hydrogens is 210 g/mol. The van der Waals surface area contributed by atoms with Crippen LogP contribution < -0.4 is 11.1 Å². The first kappa shape index (κ1) is 11.6. The van der Waals surface area contributed by atoms with E-state index in [0.717, 1.165) is 23.4 Å². The lowest BCUT2D eigenvalue weighted by Crippen LogP contribution is -2.02. The van der Waals surface area contributed by atoms with E-state index in [1.165, 1.54) is 5.56 Å². The minimum atomic E-state index is 0.532. The van der Waals surface area contributed by atoms with E-state index in [1.807, 2.05) is 36.7 Å². The Morgan fingerprint density at radius 3 is 2.82 bits per heavy atom. The predicted octanol–water partition coefficient (Wildman–Crippen LogP) is 2.85. The van der Waals surface area contributed by atoms with Crippen LogP contribution >= 0.6 is 0 Å². The van der Waals surface area contributed by atoms with Gasteiger partial charge < -0.3 is 11.1 Å². The van der Waals surface area contributed by atoms with E-state index in [0.29, 0.717) is 6.54 Å². The van der Waals surface area contributed by atoms with Crippen LogP contribution in [-0.4, -0.2) is 4.98 Å². The average molecular weight is 227 g/mol. The van der Waals surface area contributed by atoms with Crippen molar-refractivity contribution in [3.05, 3.63) is 53.9 Å². The molecule has 0 atom stereocenters. The van der Waals surface area contributed by atoms with Gasteiger partial charge in [-0.05, 0) is 29.7 Å². The van der Waals surface area contributed by atoms with Crippen molar-refractivity contribution >= 4 is 11.4 Å². The van der Waals surface area contributed by atoms with E-state index in [1.54, 1.807) is 0 Å². The van der Waals surface area contributed by atoms with Crippen LogP contribution in [0, 0.1) is 0 Å². The lowest BCUT2D eigenvalue weighted by molar-refractivity contribution is 1.07. The standard InChI is InChI=1S/C14H17N3/c1-2-11-7-13(10-16-9-11)17-14-6-4-3-5-12(14)8-15/h3-7,9-10,17H,2,8,15H2,1H3. The summed E-state index contributed by atoms with van der Waals surface area (Å²) in [5, 5.41) is 3.36. The van der Waals surface area contributed by atoms with E-state index in [-0.39, 0.29) is 0 Å². The predicted molar refractivity (Wildman–Crippen MR) is 71.2 cm³/mol. The molecule has 3 N–H and O–H groups in total. The highest BCUT2D eigenvalue weighted by Gasteiger charge is 2.01. The Kier molecular flexibility index (Phi) is 3.73. The van der Waals surface area contributed by atoms with Gasteiger partial charge in [0.05, 0.1) is 11.9 Å². The zero-order valence-corrected chi connectivity index (χ0v) is 9.98. The van der Waals surface area contributed by atoms with Gasteiger partial charge in [0.1, 0.15) is 0 Å². The Morgan fingerprint density at radius 1 is 1.24 bits per heavy atom. The van der Waals surface area contributed by atoms with Gasteiger partial charge in [-0.15, -0.1) is 0 Å². The van der Waals surface area contributed by atoms with Gasteiger partial charge in [0.15, 0.2) is 0 Å². The monoisotopic (exact) mass is 227 g/mol. The van der Waals surface area contributed by atoms with Crippen molar-refractivity contribution in [1.29, 1.82) is 0 Å². The number of aromatic nitrogens is 1. The number of pyridine rings is 1. The number of anilines is 2. The molecule has 1 heterocycles. The fourth-order valence-corrected chi connectivity index (χ4v) is 1.73. The van der Waals surface area contributed by atoms with Crippen molar-refractivity contribution in [2.75, 3.05) is 5.32 Å². The molecule has 0 unspecified atom stereocenters. The number of hydrogen-bond acceptors (Lipinski definition) is 3. The molecule has 1 aromatic carbocycles. The number of hydrogen-bond donors (Lipinski definition) is 2. The number of benzene rings is 1. The molecule has 0 saturated heterocycles. The van der Waals surface area contributed by atoms with Gasteiger partial charge in [-0.2, -0.15) is 0 Å². The van der Waals surface area contributed by atoms with E-state index < -0.39 is 0 Å². The minimum absolute atomic E-state index is 0.532. The molecule has 0 fully saturated rings. The van der Waals surface area contributed by atoms with Crippen molar-refractivity contribution in [1.82, 2.24) is 4.98 Å². The highest BCUT2D eigenvalue weighted by Crippen LogP contribution is 2.20. The molecule has 0 amide bonds. The highest BCUT2D eigenvalue weighted by molar-refractivity contribution is 5.62. The van der Waals surface area contributed by atoms with Crippen molar-refractivity contribution in [3.63, 3.8) is 0 Å². The largest absolute Gasteiger partial charge is 0.354 e. The van der Waals surface area contributed by atoms with Gasteiger partial charge in [-0.3, -0.25) is 4.98 Å². The topological polar surface area (TPSA) is 50.9 Å². The van der Waals surface area contributed by atoms with E-state index in [9.17, 15) is 0 Å². The average Bonchev–Trinajstić information content (AvgIpc) is 2.39. The van der Waals surface area contributed by atoms with E-state index in [2.05, 4.69) is 23.3 Å². The molecule has 0 aliphatic rings. The molecule has 0 aliphatic carbocycles. The van der Waals surface area contributed by atoms with E-state index >= 15 is 0 Å². The molecule has 2 rings (SSSR count). The Labute approximate surface area is 102 Å². The molecule has 3 heteroatoms. The van der Waals surface area contributed by atoms with Crippen LogP contribution in [0.2, 0.25) is 0 Å². The third-order valence-electron chi connectivity index (χ3n) is 2.72. The van der Waals surface area contributed by atoms with Crippen molar-refractivity contribution < 1.29 is 0 Å². The summed E-state index contributed by atoms with van der Waals surface area (Å²) < 4.78 is 0. The summed E-state index contributed by atoms with van der Waals surface area (Å²) in [5.41, 5.74) is 10.1. The second-order valence-electron chi connectivity index (χ2n) is 3.92. The van der Waals surface area contributed by atoms with Crippen LogP contribution in [0.5, 0.6) is 0 Å². The number of nitrogens with zero attached hydrogens (tertiary/aromatic N) is 1. The van der Waals surface area contributed by atoms with Gasteiger partial charge in [0.2, 0.25) is 0 Å². The molecule has 2 aromatic rings. The van der Waals surface area contributed by atoms with Crippen molar-refractivity contribution in [2.24, 2.45) is 5.73 Å². The van der Waals surface area contributed by atoms with Gasteiger partial charge in [0, 0.05) is 18.4 Å². The van der Waals surface area contributed by atoms with Crippen LogP contribution in [0.1, 0.15) is 18.1 Å². The summed E-state index contributed by atoms with van der Waals surface area (Å²) in [6.07, 6.45) is 4.70. The second-order valence-corrected chi connectivity index (χ2v) is 3.92. The van der Waals surface area contributed by atoms with Gasteiger partial charge in [-0.1, -0.05) is 25.1 Å². The SMILES string of the molecule is CCc1cncc(Nc2ccccc2CN)c1. The van der Waals surface area contributed by atoms with Gasteiger partial charge in [0.25, 0.3) is 0 Å². The molecule has 1 aromatic heterocycles. The number of nitrogens with one attached hydrogen (secondary N) is 1. The molecule has 88 valence electrons. The summed E-state index contributed by atoms with van der Waals surface area (Å²) in [6, 6.07) is 10.2. The second kappa shape index (κ2) is 5.46. The van der Waals surface area contributed by atoms with Crippen LogP contribution in [0.4, 0.5) is 11.4 Å². The third kappa shape index (κ3) is 2.82. The Bertz CT molecular complexity index is 494. The zero-order valence-electron chi connectivity index (χ0n) is 9.98. The number of nitrogens with two attached hydrogens (primary N) is 1. The fourth-order valence-electron chi connectivity index (χ4n) is 1.73. The third-order valence-corrected chi connectivity index (χ3v) is 2.72. The summed E-state index contributed by atoms with van der Waals surface area (Å²) in [4.78, 5) is 4.21. The quantitative estimate of drug-likeness (QED) is 0.844. The Morgan fingerprint density at radius 2 is 2.06 bits per heavy atom. The Hall–Kier alpha value is -1.87. The number of para-hydroxylation sites is 1. The van der Waals surface area contributed by atoms with Gasteiger partial charge >= 0.3 is 0 Å². The van der Waals surface area contributed by atoms with Crippen molar-refractivity contribution in [2.45, 2.75) is 19.9 Å². The summed E-state index contributed by atoms with van der Waals surface area (Å²) in [7, 11) is 0. The number of aryl methyl sites for hydroxylation is 1. The molecule has 0 spiro atoms. The molecule has 0 radical (unpaired) electrons. The number of rotatable bonds is 4. The van der Waals surface area contributed by atoms with Crippen LogP contribution in [0.15, 0.2) is 42.7 Å². The smallest absolute Gasteiger partial charge is 0.0573 e. The first-order valence-electron chi connectivity index (χ1n) is 5.82. The van der Waals surface area contributed by atoms with Crippen molar-refractivity contribution in [3.8, 4) is 0 Å². The molecule has 17 heavy (non-hydrogen) atoms. The first-order chi connectivity index (χ1) is 8.33. The molecule has 3 nitrogen and oxygen atoms in total. The van der Waals surface area contributed by atoms with E-state index in [4.69, 9.17) is 5.73 Å². The summed E-state index contributed by atoms with van der Waals surface area (Å²) in [6.45, 7) is 2.65. The maximum atomic E-state index is 5.70. The first-order valence-corrected chi connectivity index (χ1v) is 5.82. The normalized spacial score (nSPS) is 10.2. The van der Waals surface area contributed by atoms with Gasteiger partial charge in [-0.25, -0.2) is 0 Å². The highest BCUT2D eigenvalue weighted by atomic mass is 14.9. The zero-order chi connectivity index (χ0) is 12.1. The maximum Gasteiger partial charge on any atom is 0.0573 e. The fraction of sp³-hybridized carbons (Fsp3) is 0.214. The molecule has 0 saturated carbocycles. The lowest BCUT2D eigenvalue weighted by atomic mass is 10.1. The van der Waals surface area contributed by atoms with Crippen LogP contribution in [-0.2, 0) is 13.0 Å².